The summed E-state index contributed by atoms with van der Waals surface area (Å²) in [5.74, 6) is -0.404. The number of sulfonamides is 1. The van der Waals surface area contributed by atoms with Crippen molar-refractivity contribution in [2.24, 2.45) is 12.0 Å². The van der Waals surface area contributed by atoms with Crippen LogP contribution in [0.5, 0.6) is 0 Å². The minimum absolute atomic E-state index is 0.0943. The van der Waals surface area contributed by atoms with Gasteiger partial charge in [0.1, 0.15) is 0 Å². The number of rotatable bonds is 4. The second-order valence-corrected chi connectivity index (χ2v) is 10.8. The van der Waals surface area contributed by atoms with Crippen LogP contribution < -0.4 is 9.52 Å². The number of hydrogen-bond acceptors (Lipinski definition) is 4. The van der Waals surface area contributed by atoms with Gasteiger partial charge in [0.15, 0.2) is 4.80 Å². The highest BCUT2D eigenvalue weighted by Gasteiger charge is 2.15. The smallest absolute Gasteiger partial charge is 0.279 e. The average Bonchev–Trinajstić information content (AvgIpc) is 3.15. The number of aryl methyl sites for hydroxylation is 1. The van der Waals surface area contributed by atoms with Crippen LogP contribution in [-0.4, -0.2) is 18.9 Å². The van der Waals surface area contributed by atoms with Crippen molar-refractivity contribution >= 4 is 65.5 Å². The molecule has 34 heavy (non-hydrogen) atoms. The molecule has 0 spiro atoms. The van der Waals surface area contributed by atoms with Gasteiger partial charge in [-0.05, 0) is 60.0 Å². The zero-order chi connectivity index (χ0) is 23.9. The molecule has 0 bridgehead atoms. The van der Waals surface area contributed by atoms with Gasteiger partial charge in [0.25, 0.3) is 15.9 Å². The number of carbonyl (C=O) groups excluding carboxylic acids is 1. The van der Waals surface area contributed by atoms with Crippen molar-refractivity contribution in [2.45, 2.75) is 4.90 Å². The van der Waals surface area contributed by atoms with Crippen molar-refractivity contribution in [3.8, 4) is 0 Å². The molecule has 1 amide bonds. The highest BCUT2D eigenvalue weighted by atomic mass is 35.5. The standard InChI is InChI=1S/C25H18ClN3O3S2/c1-29-23-21-5-3-2-4-16(21)8-15-22(23)33-25(29)27-24(30)17-6-11-19(12-7-17)28-34(31,32)20-13-9-18(26)10-14-20/h2-15,28H,1H3. The summed E-state index contributed by atoms with van der Waals surface area (Å²) in [6, 6.07) is 24.2. The number of amides is 1. The summed E-state index contributed by atoms with van der Waals surface area (Å²) >= 11 is 7.27. The van der Waals surface area contributed by atoms with Crippen molar-refractivity contribution in [1.82, 2.24) is 4.57 Å². The SMILES string of the molecule is Cn1c(=NC(=O)c2ccc(NS(=O)(=O)c3ccc(Cl)cc3)cc2)sc2ccc3ccccc3c21. The van der Waals surface area contributed by atoms with Crippen LogP contribution in [0.4, 0.5) is 5.69 Å². The van der Waals surface area contributed by atoms with E-state index in [0.29, 0.717) is 21.1 Å². The van der Waals surface area contributed by atoms with Crippen LogP contribution in [0.15, 0.2) is 94.8 Å². The lowest BCUT2D eigenvalue weighted by molar-refractivity contribution is 0.0998. The zero-order valence-corrected chi connectivity index (χ0v) is 20.3. The molecule has 170 valence electrons. The number of halogens is 1. The Balaban J connectivity index is 1.42. The van der Waals surface area contributed by atoms with Crippen LogP contribution in [-0.2, 0) is 17.1 Å². The van der Waals surface area contributed by atoms with Crippen molar-refractivity contribution in [3.05, 3.63) is 100 Å². The highest BCUT2D eigenvalue weighted by molar-refractivity contribution is 7.92. The van der Waals surface area contributed by atoms with Gasteiger partial charge in [0, 0.05) is 28.7 Å². The van der Waals surface area contributed by atoms with E-state index >= 15 is 0 Å². The Bertz CT molecular complexity index is 1720. The Hall–Kier alpha value is -3.46. The third kappa shape index (κ3) is 4.23. The van der Waals surface area contributed by atoms with Gasteiger partial charge in [-0.2, -0.15) is 4.99 Å². The fourth-order valence-electron chi connectivity index (χ4n) is 3.68. The number of benzene rings is 4. The van der Waals surface area contributed by atoms with E-state index in [1.807, 2.05) is 29.8 Å². The Morgan fingerprint density at radius 3 is 2.38 bits per heavy atom. The molecule has 0 unspecified atom stereocenters. The second-order valence-electron chi connectivity index (χ2n) is 7.63. The Morgan fingerprint density at radius 1 is 0.941 bits per heavy atom. The quantitative estimate of drug-likeness (QED) is 0.344. The molecule has 1 heterocycles. The molecule has 0 radical (unpaired) electrons. The van der Waals surface area contributed by atoms with E-state index in [1.54, 1.807) is 12.1 Å². The summed E-state index contributed by atoms with van der Waals surface area (Å²) in [6.07, 6.45) is 0. The maximum absolute atomic E-state index is 12.8. The molecule has 0 aliphatic rings. The fourth-order valence-corrected chi connectivity index (χ4v) is 5.90. The third-order valence-corrected chi connectivity index (χ3v) is 8.14. The van der Waals surface area contributed by atoms with E-state index < -0.39 is 15.9 Å². The molecule has 1 aromatic heterocycles. The summed E-state index contributed by atoms with van der Waals surface area (Å²) in [4.78, 5) is 17.8. The molecule has 0 aliphatic heterocycles. The second kappa shape index (κ2) is 8.72. The van der Waals surface area contributed by atoms with Crippen LogP contribution >= 0.6 is 22.9 Å². The van der Waals surface area contributed by atoms with Gasteiger partial charge in [0.05, 0.1) is 15.1 Å². The van der Waals surface area contributed by atoms with E-state index in [9.17, 15) is 13.2 Å². The molecule has 0 aliphatic carbocycles. The maximum atomic E-state index is 12.8. The Morgan fingerprint density at radius 2 is 1.65 bits per heavy atom. The number of thiazole rings is 1. The third-order valence-electron chi connectivity index (χ3n) is 5.39. The maximum Gasteiger partial charge on any atom is 0.279 e. The summed E-state index contributed by atoms with van der Waals surface area (Å²) in [7, 11) is -1.87. The van der Waals surface area contributed by atoms with Crippen LogP contribution in [0.25, 0.3) is 21.0 Å². The highest BCUT2D eigenvalue weighted by Crippen LogP contribution is 2.26. The lowest BCUT2D eigenvalue weighted by Crippen LogP contribution is -2.14. The number of nitrogens with one attached hydrogen (secondary N) is 1. The van der Waals surface area contributed by atoms with Gasteiger partial charge in [-0.25, -0.2) is 8.42 Å². The Kier molecular flexibility index (Phi) is 5.73. The summed E-state index contributed by atoms with van der Waals surface area (Å²) in [5, 5.41) is 2.67. The fraction of sp³-hybridized carbons (Fsp3) is 0.0400. The normalized spacial score (nSPS) is 12.4. The van der Waals surface area contributed by atoms with E-state index in [-0.39, 0.29) is 4.90 Å². The average molecular weight is 508 g/mol. The van der Waals surface area contributed by atoms with Gasteiger partial charge < -0.3 is 4.57 Å². The zero-order valence-electron chi connectivity index (χ0n) is 17.9. The summed E-state index contributed by atoms with van der Waals surface area (Å²) in [5.41, 5.74) is 1.73. The molecule has 0 saturated heterocycles. The van der Waals surface area contributed by atoms with Crippen LogP contribution in [0.3, 0.4) is 0 Å². The minimum atomic E-state index is -3.77. The first-order valence-corrected chi connectivity index (χ1v) is 12.9. The van der Waals surface area contributed by atoms with Gasteiger partial charge in [-0.3, -0.25) is 9.52 Å². The van der Waals surface area contributed by atoms with Crippen molar-refractivity contribution < 1.29 is 13.2 Å². The molecule has 0 saturated carbocycles. The largest absolute Gasteiger partial charge is 0.319 e. The molecule has 0 fully saturated rings. The Labute approximate surface area is 204 Å². The van der Waals surface area contributed by atoms with Crippen LogP contribution in [0.2, 0.25) is 5.02 Å². The summed E-state index contributed by atoms with van der Waals surface area (Å²) in [6.45, 7) is 0. The van der Waals surface area contributed by atoms with E-state index in [2.05, 4.69) is 27.9 Å². The molecule has 1 N–H and O–H groups in total. The lowest BCUT2D eigenvalue weighted by Gasteiger charge is -2.08. The molecule has 0 atom stereocenters. The number of carbonyl (C=O) groups is 1. The molecule has 6 nitrogen and oxygen atoms in total. The van der Waals surface area contributed by atoms with Crippen LogP contribution in [0.1, 0.15) is 10.4 Å². The number of fused-ring (bicyclic) bond motifs is 3. The van der Waals surface area contributed by atoms with E-state index in [4.69, 9.17) is 11.6 Å². The molecule has 9 heteroatoms. The van der Waals surface area contributed by atoms with E-state index in [0.717, 1.165) is 21.0 Å². The first kappa shape index (κ1) is 22.3. The van der Waals surface area contributed by atoms with Crippen molar-refractivity contribution in [3.63, 3.8) is 0 Å². The summed E-state index contributed by atoms with van der Waals surface area (Å²) < 4.78 is 30.6. The van der Waals surface area contributed by atoms with E-state index in [1.165, 1.54) is 47.7 Å². The number of hydrogen-bond donors (Lipinski definition) is 1. The predicted octanol–water partition coefficient (Wildman–Crippen LogP) is 5.59. The predicted molar refractivity (Wildman–Crippen MR) is 137 cm³/mol. The molecule has 5 aromatic rings. The first-order chi connectivity index (χ1) is 16.3. The molecular formula is C25H18ClN3O3S2. The topological polar surface area (TPSA) is 80.5 Å². The van der Waals surface area contributed by atoms with Crippen LogP contribution in [0, 0.1) is 0 Å². The van der Waals surface area contributed by atoms with Crippen molar-refractivity contribution in [1.29, 1.82) is 0 Å². The van der Waals surface area contributed by atoms with Crippen molar-refractivity contribution in [2.75, 3.05) is 4.72 Å². The molecule has 5 rings (SSSR count). The van der Waals surface area contributed by atoms with Gasteiger partial charge in [-0.1, -0.05) is 53.3 Å². The molecule has 4 aromatic carbocycles. The van der Waals surface area contributed by atoms with Gasteiger partial charge in [0.2, 0.25) is 0 Å². The van der Waals surface area contributed by atoms with Gasteiger partial charge >= 0.3 is 0 Å². The minimum Gasteiger partial charge on any atom is -0.319 e. The number of nitrogens with zero attached hydrogens (tertiary/aromatic N) is 2. The first-order valence-electron chi connectivity index (χ1n) is 10.3. The lowest BCUT2D eigenvalue weighted by atomic mass is 10.1. The van der Waals surface area contributed by atoms with Gasteiger partial charge in [-0.15, -0.1) is 0 Å². The molecular weight excluding hydrogens is 490 g/mol. The number of anilines is 1. The number of aromatic nitrogens is 1. The monoisotopic (exact) mass is 507 g/mol.